The molecule has 0 amide bonds. The molecule has 6 heteroatoms. The van der Waals surface area contributed by atoms with E-state index in [9.17, 15) is 12.8 Å². The van der Waals surface area contributed by atoms with E-state index in [-0.39, 0.29) is 22.8 Å². The molecule has 0 atom stereocenters. The Bertz CT molecular complexity index is 590. The number of hydrogen-bond donors (Lipinski definition) is 1. The fourth-order valence-corrected chi connectivity index (χ4v) is 2.69. The molecule has 114 valence electrons. The van der Waals surface area contributed by atoms with Gasteiger partial charge in [-0.2, -0.15) is 0 Å². The van der Waals surface area contributed by atoms with Gasteiger partial charge in [0, 0.05) is 31.7 Å². The van der Waals surface area contributed by atoms with E-state index >= 15 is 0 Å². The first kappa shape index (κ1) is 17.1. The summed E-state index contributed by atoms with van der Waals surface area (Å²) in [5, 5.41) is 3.17. The molecule has 0 heterocycles. The number of aryl methyl sites for hydroxylation is 1. The van der Waals surface area contributed by atoms with Crippen molar-refractivity contribution >= 4 is 10.0 Å². The minimum atomic E-state index is -3.55. The predicted octanol–water partition coefficient (Wildman–Crippen LogP) is 2.27. The molecule has 1 N–H and O–H groups in total. The van der Waals surface area contributed by atoms with Crippen LogP contribution in [0.4, 0.5) is 4.39 Å². The SMILES string of the molecule is Cc1cc(S(=O)(=O)N(C)C)cc(CNC(C)(C)C)c1F. The highest BCUT2D eigenvalue weighted by atomic mass is 32.2. The maximum atomic E-state index is 14.1. The summed E-state index contributed by atoms with van der Waals surface area (Å²) in [6.07, 6.45) is 0. The lowest BCUT2D eigenvalue weighted by molar-refractivity contribution is 0.417. The van der Waals surface area contributed by atoms with Crippen LogP contribution < -0.4 is 5.32 Å². The molecule has 0 bridgehead atoms. The topological polar surface area (TPSA) is 49.4 Å². The van der Waals surface area contributed by atoms with Crippen LogP contribution in [0, 0.1) is 12.7 Å². The lowest BCUT2D eigenvalue weighted by Crippen LogP contribution is -2.35. The maximum Gasteiger partial charge on any atom is 0.242 e. The van der Waals surface area contributed by atoms with Crippen molar-refractivity contribution in [2.24, 2.45) is 0 Å². The number of nitrogens with zero attached hydrogens (tertiary/aromatic N) is 1. The van der Waals surface area contributed by atoms with E-state index in [2.05, 4.69) is 5.32 Å². The second kappa shape index (κ2) is 5.79. The number of nitrogens with one attached hydrogen (secondary N) is 1. The standard InChI is InChI=1S/C14H23FN2O2S/c1-10-7-12(20(18,19)17(5)6)8-11(13(10)15)9-16-14(2,3)4/h7-8,16H,9H2,1-6H3. The summed E-state index contributed by atoms with van der Waals surface area (Å²) in [5.74, 6) is -0.362. The van der Waals surface area contributed by atoms with Crippen molar-refractivity contribution in [1.29, 1.82) is 0 Å². The normalized spacial score (nSPS) is 13.0. The van der Waals surface area contributed by atoms with Crippen LogP contribution in [0.15, 0.2) is 17.0 Å². The number of sulfonamides is 1. The van der Waals surface area contributed by atoms with Gasteiger partial charge in [-0.25, -0.2) is 17.1 Å². The van der Waals surface area contributed by atoms with Crippen molar-refractivity contribution in [2.45, 2.75) is 44.7 Å². The molecule has 0 aliphatic heterocycles. The van der Waals surface area contributed by atoms with E-state index in [1.54, 1.807) is 6.92 Å². The second-order valence-corrected chi connectivity index (χ2v) is 8.26. The molecule has 0 fully saturated rings. The lowest BCUT2D eigenvalue weighted by Gasteiger charge is -2.21. The molecule has 0 aliphatic rings. The van der Waals surface area contributed by atoms with E-state index < -0.39 is 10.0 Å². The zero-order chi connectivity index (χ0) is 15.7. The van der Waals surface area contributed by atoms with Crippen molar-refractivity contribution in [2.75, 3.05) is 14.1 Å². The van der Waals surface area contributed by atoms with Crippen LogP contribution in [0.5, 0.6) is 0 Å². The van der Waals surface area contributed by atoms with Crippen LogP contribution in [-0.4, -0.2) is 32.4 Å². The van der Waals surface area contributed by atoms with E-state index in [1.165, 1.54) is 26.2 Å². The summed E-state index contributed by atoms with van der Waals surface area (Å²) in [6.45, 7) is 7.77. The Kier molecular flexibility index (Phi) is 4.94. The molecule has 0 aliphatic carbocycles. The quantitative estimate of drug-likeness (QED) is 0.928. The molecule has 1 rings (SSSR count). The van der Waals surface area contributed by atoms with Gasteiger partial charge in [-0.15, -0.1) is 0 Å². The van der Waals surface area contributed by atoms with Crippen LogP contribution >= 0.6 is 0 Å². The molecule has 20 heavy (non-hydrogen) atoms. The highest BCUT2D eigenvalue weighted by molar-refractivity contribution is 7.89. The van der Waals surface area contributed by atoms with Crippen molar-refractivity contribution in [3.63, 3.8) is 0 Å². The molecule has 1 aromatic rings. The van der Waals surface area contributed by atoms with Crippen LogP contribution in [0.3, 0.4) is 0 Å². The molecule has 0 spiro atoms. The smallest absolute Gasteiger partial charge is 0.242 e. The van der Waals surface area contributed by atoms with Gasteiger partial charge in [-0.05, 0) is 45.4 Å². The zero-order valence-electron chi connectivity index (χ0n) is 12.9. The molecule has 0 saturated heterocycles. The highest BCUT2D eigenvalue weighted by Gasteiger charge is 2.21. The number of halogens is 1. The fourth-order valence-electron chi connectivity index (χ4n) is 1.66. The average Bonchev–Trinajstić information content (AvgIpc) is 2.29. The molecule has 4 nitrogen and oxygen atoms in total. The van der Waals surface area contributed by atoms with Crippen LogP contribution in [-0.2, 0) is 16.6 Å². The third-order valence-corrected chi connectivity index (χ3v) is 4.68. The van der Waals surface area contributed by atoms with Crippen molar-refractivity contribution in [1.82, 2.24) is 9.62 Å². The Morgan fingerprint density at radius 3 is 2.25 bits per heavy atom. The third kappa shape index (κ3) is 4.01. The van der Waals surface area contributed by atoms with Crippen LogP contribution in [0.25, 0.3) is 0 Å². The van der Waals surface area contributed by atoms with Gasteiger partial charge in [0.1, 0.15) is 5.82 Å². The number of hydrogen-bond acceptors (Lipinski definition) is 3. The second-order valence-electron chi connectivity index (χ2n) is 6.10. The summed E-state index contributed by atoms with van der Waals surface area (Å²) in [4.78, 5) is 0.118. The summed E-state index contributed by atoms with van der Waals surface area (Å²) >= 11 is 0. The first-order valence-electron chi connectivity index (χ1n) is 6.42. The molecule has 0 saturated carbocycles. The molecule has 0 unspecified atom stereocenters. The Balaban J connectivity index is 3.24. The molecule has 0 radical (unpaired) electrons. The maximum absolute atomic E-state index is 14.1. The van der Waals surface area contributed by atoms with E-state index in [0.717, 1.165) is 4.31 Å². The molecule has 0 aromatic heterocycles. The summed E-state index contributed by atoms with van der Waals surface area (Å²) in [6, 6.07) is 2.77. The lowest BCUT2D eigenvalue weighted by atomic mass is 10.1. The summed E-state index contributed by atoms with van der Waals surface area (Å²) in [5.41, 5.74) is 0.524. The highest BCUT2D eigenvalue weighted by Crippen LogP contribution is 2.21. The molecule has 1 aromatic carbocycles. The van der Waals surface area contributed by atoms with Gasteiger partial charge in [0.05, 0.1) is 4.90 Å². The minimum absolute atomic E-state index is 0.118. The van der Waals surface area contributed by atoms with Gasteiger partial charge in [-0.3, -0.25) is 0 Å². The van der Waals surface area contributed by atoms with Crippen molar-refractivity contribution < 1.29 is 12.8 Å². The van der Waals surface area contributed by atoms with E-state index in [0.29, 0.717) is 11.1 Å². The minimum Gasteiger partial charge on any atom is -0.308 e. The zero-order valence-corrected chi connectivity index (χ0v) is 13.7. The van der Waals surface area contributed by atoms with Gasteiger partial charge in [0.2, 0.25) is 10.0 Å². The van der Waals surface area contributed by atoms with Gasteiger partial charge in [-0.1, -0.05) is 0 Å². The Morgan fingerprint density at radius 2 is 1.80 bits per heavy atom. The van der Waals surface area contributed by atoms with Crippen molar-refractivity contribution in [3.8, 4) is 0 Å². The monoisotopic (exact) mass is 302 g/mol. The van der Waals surface area contributed by atoms with Crippen molar-refractivity contribution in [3.05, 3.63) is 29.1 Å². The number of rotatable bonds is 4. The Morgan fingerprint density at radius 1 is 1.25 bits per heavy atom. The summed E-state index contributed by atoms with van der Waals surface area (Å²) in [7, 11) is -0.635. The summed E-state index contributed by atoms with van der Waals surface area (Å²) < 4.78 is 39.5. The fraction of sp³-hybridized carbons (Fsp3) is 0.571. The first-order valence-corrected chi connectivity index (χ1v) is 7.86. The van der Waals surface area contributed by atoms with Crippen LogP contribution in [0.2, 0.25) is 0 Å². The largest absolute Gasteiger partial charge is 0.308 e. The van der Waals surface area contributed by atoms with E-state index in [4.69, 9.17) is 0 Å². The average molecular weight is 302 g/mol. The van der Waals surface area contributed by atoms with Gasteiger partial charge in [0.15, 0.2) is 0 Å². The van der Waals surface area contributed by atoms with Gasteiger partial charge in [0.25, 0.3) is 0 Å². The van der Waals surface area contributed by atoms with Gasteiger partial charge < -0.3 is 5.32 Å². The Labute approximate surface area is 121 Å². The predicted molar refractivity (Wildman–Crippen MR) is 78.6 cm³/mol. The van der Waals surface area contributed by atoms with Gasteiger partial charge >= 0.3 is 0 Å². The van der Waals surface area contributed by atoms with E-state index in [1.807, 2.05) is 20.8 Å². The third-order valence-electron chi connectivity index (χ3n) is 2.89. The molecular formula is C14H23FN2O2S. The number of benzene rings is 1. The Hall–Kier alpha value is -0.980. The molecular weight excluding hydrogens is 279 g/mol. The van der Waals surface area contributed by atoms with Crippen LogP contribution in [0.1, 0.15) is 31.9 Å². The first-order chi connectivity index (χ1) is 8.95.